The van der Waals surface area contributed by atoms with Crippen molar-refractivity contribution < 1.29 is 18.3 Å². The summed E-state index contributed by atoms with van der Waals surface area (Å²) in [5.74, 6) is -0.998. The molecular weight excluding hydrogens is 270 g/mol. The maximum absolute atomic E-state index is 11.9. The summed E-state index contributed by atoms with van der Waals surface area (Å²) in [6.45, 7) is 3.04. The van der Waals surface area contributed by atoms with Crippen molar-refractivity contribution in [2.24, 2.45) is 5.73 Å². The molecule has 1 aromatic rings. The van der Waals surface area contributed by atoms with Crippen LogP contribution in [0.5, 0.6) is 0 Å². The van der Waals surface area contributed by atoms with Crippen molar-refractivity contribution in [3.8, 4) is 0 Å². The van der Waals surface area contributed by atoms with Gasteiger partial charge in [0, 0.05) is 12.2 Å². The van der Waals surface area contributed by atoms with Gasteiger partial charge in [0.05, 0.1) is 4.90 Å². The van der Waals surface area contributed by atoms with Crippen LogP contribution in [-0.4, -0.2) is 32.1 Å². The second kappa shape index (κ2) is 5.55. The van der Waals surface area contributed by atoms with E-state index in [9.17, 15) is 13.2 Å². The monoisotopic (exact) mass is 287 g/mol. The van der Waals surface area contributed by atoms with Gasteiger partial charge in [-0.1, -0.05) is 0 Å². The van der Waals surface area contributed by atoms with Gasteiger partial charge in [-0.3, -0.25) is 4.79 Å². The smallest absolute Gasteiger partial charge is 0.247 e. The third-order valence-electron chi connectivity index (χ3n) is 2.79. The summed E-state index contributed by atoms with van der Waals surface area (Å²) in [4.78, 5) is 10.6. The topological polar surface area (TPSA) is 136 Å². The van der Waals surface area contributed by atoms with Crippen molar-refractivity contribution in [3.63, 3.8) is 0 Å². The Morgan fingerprint density at radius 3 is 2.47 bits per heavy atom. The van der Waals surface area contributed by atoms with Gasteiger partial charge in [-0.2, -0.15) is 0 Å². The zero-order valence-corrected chi connectivity index (χ0v) is 11.5. The summed E-state index contributed by atoms with van der Waals surface area (Å²) < 4.78 is 26.0. The fourth-order valence-electron chi connectivity index (χ4n) is 1.38. The molecule has 7 nitrogen and oxygen atoms in total. The Labute approximate surface area is 111 Å². The lowest BCUT2D eigenvalue weighted by Gasteiger charge is -2.12. The molecule has 1 amide bonds. The molecule has 0 radical (unpaired) electrons. The molecule has 0 aromatic heterocycles. The number of nitrogens with one attached hydrogen (secondary N) is 1. The highest BCUT2D eigenvalue weighted by molar-refractivity contribution is 7.89. The van der Waals surface area contributed by atoms with Gasteiger partial charge in [0.25, 0.3) is 0 Å². The van der Waals surface area contributed by atoms with E-state index < -0.39 is 28.6 Å². The van der Waals surface area contributed by atoms with Crippen molar-refractivity contribution in [2.75, 3.05) is 12.3 Å². The molecule has 0 saturated carbocycles. The minimum atomic E-state index is -3.85. The number of hydrogen-bond donors (Lipinski definition) is 4. The molecule has 1 aromatic carbocycles. The predicted octanol–water partition coefficient (Wildman–Crippen LogP) is -0.990. The number of aliphatic hydroxyl groups is 1. The van der Waals surface area contributed by atoms with E-state index in [1.165, 1.54) is 12.1 Å². The lowest BCUT2D eigenvalue weighted by Crippen LogP contribution is -2.39. The van der Waals surface area contributed by atoms with E-state index in [-0.39, 0.29) is 4.90 Å². The van der Waals surface area contributed by atoms with Crippen LogP contribution < -0.4 is 16.2 Å². The second-order valence-corrected chi connectivity index (χ2v) is 5.99. The molecule has 0 aliphatic rings. The third kappa shape index (κ3) is 3.66. The van der Waals surface area contributed by atoms with Crippen LogP contribution in [0.4, 0.5) is 5.69 Å². The molecule has 0 spiro atoms. The first-order valence-corrected chi connectivity index (χ1v) is 6.97. The molecule has 106 valence electrons. The summed E-state index contributed by atoms with van der Waals surface area (Å²) in [7, 11) is -3.85. The Balaban J connectivity index is 2.98. The first-order valence-electron chi connectivity index (χ1n) is 5.49. The maximum Gasteiger partial charge on any atom is 0.247 e. The van der Waals surface area contributed by atoms with Crippen LogP contribution in [0.15, 0.2) is 17.0 Å². The van der Waals surface area contributed by atoms with Crippen molar-refractivity contribution >= 4 is 21.6 Å². The summed E-state index contributed by atoms with van der Waals surface area (Å²) >= 11 is 0. The van der Waals surface area contributed by atoms with Crippen LogP contribution in [0.2, 0.25) is 0 Å². The number of anilines is 1. The lowest BCUT2D eigenvalue weighted by molar-refractivity contribution is -0.125. The normalized spacial score (nSPS) is 13.2. The largest absolute Gasteiger partial charge is 0.398 e. The van der Waals surface area contributed by atoms with E-state index in [1.807, 2.05) is 0 Å². The Hall–Kier alpha value is -1.64. The maximum atomic E-state index is 11.9. The number of nitrogen functional groups attached to an aromatic ring is 1. The number of primary amides is 1. The molecular formula is C11H17N3O4S. The average Bonchev–Trinajstić information content (AvgIpc) is 2.32. The van der Waals surface area contributed by atoms with Crippen LogP contribution in [0.25, 0.3) is 0 Å². The number of amides is 1. The number of aliphatic hydroxyl groups excluding tert-OH is 1. The number of rotatable bonds is 5. The summed E-state index contributed by atoms with van der Waals surface area (Å²) in [5.41, 5.74) is 12.4. The third-order valence-corrected chi connectivity index (χ3v) is 4.19. The van der Waals surface area contributed by atoms with E-state index in [4.69, 9.17) is 16.6 Å². The van der Waals surface area contributed by atoms with Gasteiger partial charge >= 0.3 is 0 Å². The minimum absolute atomic E-state index is 0.0234. The molecule has 1 unspecified atom stereocenters. The zero-order chi connectivity index (χ0) is 14.8. The molecule has 0 aliphatic carbocycles. The minimum Gasteiger partial charge on any atom is -0.398 e. The number of carbonyl (C=O) groups is 1. The number of benzene rings is 1. The van der Waals surface area contributed by atoms with Crippen LogP contribution in [-0.2, 0) is 14.8 Å². The summed E-state index contributed by atoms with van der Waals surface area (Å²) in [6, 6.07) is 2.78. The number of hydrogen-bond acceptors (Lipinski definition) is 5. The molecule has 0 heterocycles. The van der Waals surface area contributed by atoms with E-state index in [1.54, 1.807) is 13.8 Å². The molecule has 6 N–H and O–H groups in total. The fourth-order valence-corrected chi connectivity index (χ4v) is 2.54. The van der Waals surface area contributed by atoms with Gasteiger partial charge in [0.1, 0.15) is 6.10 Å². The lowest BCUT2D eigenvalue weighted by atomic mass is 10.1. The number of carbonyl (C=O) groups excluding carboxylic acids is 1. The van der Waals surface area contributed by atoms with E-state index in [0.29, 0.717) is 5.69 Å². The molecule has 0 saturated heterocycles. The SMILES string of the molecule is Cc1cc(S(=O)(=O)NCC(O)C(N)=O)cc(N)c1C. The Morgan fingerprint density at radius 1 is 1.42 bits per heavy atom. The molecule has 1 atom stereocenters. The van der Waals surface area contributed by atoms with Crippen LogP contribution >= 0.6 is 0 Å². The van der Waals surface area contributed by atoms with Gasteiger partial charge < -0.3 is 16.6 Å². The summed E-state index contributed by atoms with van der Waals surface area (Å²) in [6.07, 6.45) is -1.57. The van der Waals surface area contributed by atoms with Crippen LogP contribution in [0.1, 0.15) is 11.1 Å². The molecule has 0 aliphatic heterocycles. The van der Waals surface area contributed by atoms with Gasteiger partial charge in [-0.15, -0.1) is 0 Å². The molecule has 8 heteroatoms. The highest BCUT2D eigenvalue weighted by atomic mass is 32.2. The Bertz CT molecular complexity index is 575. The fraction of sp³-hybridized carbons (Fsp3) is 0.364. The van der Waals surface area contributed by atoms with Crippen molar-refractivity contribution in [2.45, 2.75) is 24.8 Å². The van der Waals surface area contributed by atoms with Gasteiger partial charge in [-0.25, -0.2) is 13.1 Å². The van der Waals surface area contributed by atoms with E-state index >= 15 is 0 Å². The first-order chi connectivity index (χ1) is 8.65. The van der Waals surface area contributed by atoms with Crippen molar-refractivity contribution in [1.82, 2.24) is 4.72 Å². The number of nitrogens with two attached hydrogens (primary N) is 2. The number of sulfonamides is 1. The van der Waals surface area contributed by atoms with Crippen molar-refractivity contribution in [3.05, 3.63) is 23.3 Å². The van der Waals surface area contributed by atoms with Gasteiger partial charge in [0.15, 0.2) is 0 Å². The first kappa shape index (κ1) is 15.4. The second-order valence-electron chi connectivity index (χ2n) is 4.22. The van der Waals surface area contributed by atoms with E-state index in [0.717, 1.165) is 11.1 Å². The zero-order valence-electron chi connectivity index (χ0n) is 10.7. The van der Waals surface area contributed by atoms with Gasteiger partial charge in [-0.05, 0) is 37.1 Å². The Kier molecular flexibility index (Phi) is 4.51. The predicted molar refractivity (Wildman–Crippen MR) is 70.7 cm³/mol. The average molecular weight is 287 g/mol. The van der Waals surface area contributed by atoms with E-state index in [2.05, 4.69) is 4.72 Å². The van der Waals surface area contributed by atoms with Crippen molar-refractivity contribution in [1.29, 1.82) is 0 Å². The highest BCUT2D eigenvalue weighted by Gasteiger charge is 2.19. The molecule has 0 bridgehead atoms. The van der Waals surface area contributed by atoms with Crippen LogP contribution in [0.3, 0.4) is 0 Å². The van der Waals surface area contributed by atoms with Gasteiger partial charge in [0.2, 0.25) is 15.9 Å². The summed E-state index contributed by atoms with van der Waals surface area (Å²) in [5, 5.41) is 9.16. The number of aryl methyl sites for hydroxylation is 1. The molecule has 0 fully saturated rings. The standard InChI is InChI=1S/C11H17N3O4S/c1-6-3-8(4-9(12)7(6)2)19(17,18)14-5-10(15)11(13)16/h3-4,10,14-15H,5,12H2,1-2H3,(H2,13,16). The highest BCUT2D eigenvalue weighted by Crippen LogP contribution is 2.21. The molecule has 1 rings (SSSR count). The quantitative estimate of drug-likeness (QED) is 0.516. The van der Waals surface area contributed by atoms with Crippen LogP contribution in [0, 0.1) is 13.8 Å². The Morgan fingerprint density at radius 2 is 2.00 bits per heavy atom. The molecule has 19 heavy (non-hydrogen) atoms.